The molecule has 0 aromatic carbocycles. The lowest BCUT2D eigenvalue weighted by Gasteiger charge is -2.06. The Bertz CT molecular complexity index is 271. The zero-order chi connectivity index (χ0) is 10.1. The van der Waals surface area contributed by atoms with E-state index in [1.807, 2.05) is 13.8 Å². The molecule has 0 spiro atoms. The molecular weight excluding hydrogens is 190 g/mol. The fraction of sp³-hybridized carbons (Fsp3) is 1.00. The van der Waals surface area contributed by atoms with E-state index in [2.05, 4.69) is 4.72 Å². The summed E-state index contributed by atoms with van der Waals surface area (Å²) < 4.78 is 25.2. The van der Waals surface area contributed by atoms with E-state index >= 15 is 0 Å². The van der Waals surface area contributed by atoms with Crippen LogP contribution < -0.4 is 4.72 Å². The Morgan fingerprint density at radius 2 is 2.08 bits per heavy atom. The maximum Gasteiger partial charge on any atom is 0.211 e. The van der Waals surface area contributed by atoms with E-state index < -0.39 is 10.0 Å². The smallest absolute Gasteiger partial charge is 0.211 e. The van der Waals surface area contributed by atoms with Gasteiger partial charge in [-0.25, -0.2) is 13.1 Å². The number of sulfonamides is 1. The molecule has 1 rings (SSSR count). The highest BCUT2D eigenvalue weighted by molar-refractivity contribution is 7.89. The van der Waals surface area contributed by atoms with E-state index in [9.17, 15) is 8.42 Å². The van der Waals surface area contributed by atoms with Crippen LogP contribution in [-0.4, -0.2) is 31.9 Å². The van der Waals surface area contributed by atoms with Crippen LogP contribution in [0.3, 0.4) is 0 Å². The highest BCUT2D eigenvalue weighted by atomic mass is 32.2. The minimum absolute atomic E-state index is 0.0239. The van der Waals surface area contributed by atoms with Gasteiger partial charge in [0.25, 0.3) is 0 Å². The van der Waals surface area contributed by atoms with Crippen LogP contribution in [-0.2, 0) is 10.0 Å². The molecule has 78 valence electrons. The van der Waals surface area contributed by atoms with E-state index in [-0.39, 0.29) is 23.8 Å². The second-order valence-corrected chi connectivity index (χ2v) is 6.13. The zero-order valence-corrected chi connectivity index (χ0v) is 8.89. The first-order valence-electron chi connectivity index (χ1n) is 4.48. The van der Waals surface area contributed by atoms with Gasteiger partial charge in [-0.1, -0.05) is 13.8 Å². The van der Waals surface area contributed by atoms with Crippen molar-refractivity contribution in [3.63, 3.8) is 0 Å². The number of aliphatic hydroxyl groups is 1. The second-order valence-electron chi connectivity index (χ2n) is 4.26. The summed E-state index contributed by atoms with van der Waals surface area (Å²) in [5.74, 6) is 0.0239. The molecule has 5 heteroatoms. The first kappa shape index (κ1) is 10.9. The predicted molar refractivity (Wildman–Crippen MR) is 50.8 cm³/mol. The highest BCUT2D eigenvalue weighted by Crippen LogP contribution is 2.44. The third-order valence-corrected chi connectivity index (χ3v) is 3.88. The van der Waals surface area contributed by atoms with Crippen LogP contribution in [0.2, 0.25) is 0 Å². The van der Waals surface area contributed by atoms with Gasteiger partial charge in [-0.3, -0.25) is 0 Å². The van der Waals surface area contributed by atoms with Crippen LogP contribution >= 0.6 is 0 Å². The molecule has 13 heavy (non-hydrogen) atoms. The molecule has 1 unspecified atom stereocenters. The first-order valence-corrected chi connectivity index (χ1v) is 6.13. The van der Waals surface area contributed by atoms with Gasteiger partial charge in [0.2, 0.25) is 10.0 Å². The summed E-state index contributed by atoms with van der Waals surface area (Å²) in [5.41, 5.74) is 0.117. The zero-order valence-electron chi connectivity index (χ0n) is 8.08. The summed E-state index contributed by atoms with van der Waals surface area (Å²) in [6, 6.07) is 0.0937. The minimum Gasteiger partial charge on any atom is -0.396 e. The summed E-state index contributed by atoms with van der Waals surface area (Å²) in [7, 11) is -3.16. The van der Waals surface area contributed by atoms with Crippen molar-refractivity contribution < 1.29 is 13.5 Å². The highest BCUT2D eigenvalue weighted by Gasteiger charge is 2.47. The first-order chi connectivity index (χ1) is 5.87. The largest absolute Gasteiger partial charge is 0.396 e. The quantitative estimate of drug-likeness (QED) is 0.671. The monoisotopic (exact) mass is 207 g/mol. The normalized spacial score (nSPS) is 25.9. The van der Waals surface area contributed by atoms with Gasteiger partial charge < -0.3 is 5.11 Å². The summed E-state index contributed by atoms with van der Waals surface area (Å²) >= 11 is 0. The van der Waals surface area contributed by atoms with Crippen molar-refractivity contribution in [2.24, 2.45) is 5.41 Å². The van der Waals surface area contributed by atoms with Crippen molar-refractivity contribution in [2.45, 2.75) is 32.7 Å². The molecule has 0 aliphatic heterocycles. The predicted octanol–water partition coefficient (Wildman–Crippen LogP) is 0.0867. The number of hydrogen-bond acceptors (Lipinski definition) is 3. The van der Waals surface area contributed by atoms with Crippen LogP contribution in [0.5, 0.6) is 0 Å². The van der Waals surface area contributed by atoms with Crippen LogP contribution in [0.15, 0.2) is 0 Å². The summed E-state index contributed by atoms with van der Waals surface area (Å²) in [4.78, 5) is 0. The Kier molecular flexibility index (Phi) is 2.99. The van der Waals surface area contributed by atoms with Gasteiger partial charge in [0.1, 0.15) is 0 Å². The SMILES string of the molecule is CC1(C)CC1NS(=O)(=O)CCCO. The number of aliphatic hydroxyl groups excluding tert-OH is 1. The topological polar surface area (TPSA) is 66.4 Å². The fourth-order valence-electron chi connectivity index (χ4n) is 1.20. The van der Waals surface area contributed by atoms with E-state index in [1.165, 1.54) is 0 Å². The standard InChI is InChI=1S/C8H17NO3S/c1-8(2)6-7(8)9-13(11,12)5-3-4-10/h7,9-10H,3-6H2,1-2H3. The molecule has 0 saturated heterocycles. The fourth-order valence-corrected chi connectivity index (χ4v) is 2.66. The van der Waals surface area contributed by atoms with Crippen molar-refractivity contribution in [1.82, 2.24) is 4.72 Å². The number of rotatable bonds is 5. The van der Waals surface area contributed by atoms with Crippen LogP contribution in [0.25, 0.3) is 0 Å². The van der Waals surface area contributed by atoms with Crippen LogP contribution in [0, 0.1) is 5.41 Å². The van der Waals surface area contributed by atoms with Gasteiger partial charge in [-0.15, -0.1) is 0 Å². The van der Waals surface area contributed by atoms with Crippen molar-refractivity contribution in [2.75, 3.05) is 12.4 Å². The molecule has 0 aromatic rings. The molecule has 0 amide bonds. The van der Waals surface area contributed by atoms with E-state index in [1.54, 1.807) is 0 Å². The third kappa shape index (κ3) is 3.25. The molecule has 0 radical (unpaired) electrons. The Morgan fingerprint density at radius 1 is 1.54 bits per heavy atom. The van der Waals surface area contributed by atoms with Crippen LogP contribution in [0.1, 0.15) is 26.7 Å². The number of nitrogens with one attached hydrogen (secondary N) is 1. The number of hydrogen-bond donors (Lipinski definition) is 2. The average molecular weight is 207 g/mol. The summed E-state index contributed by atoms with van der Waals surface area (Å²) in [6.45, 7) is 3.99. The average Bonchev–Trinajstić information content (AvgIpc) is 2.53. The Morgan fingerprint density at radius 3 is 2.46 bits per heavy atom. The van der Waals surface area contributed by atoms with E-state index in [0.29, 0.717) is 6.42 Å². The van der Waals surface area contributed by atoms with Crippen molar-refractivity contribution >= 4 is 10.0 Å². The van der Waals surface area contributed by atoms with Crippen LogP contribution in [0.4, 0.5) is 0 Å². The molecule has 1 atom stereocenters. The maximum absolute atomic E-state index is 11.3. The lowest BCUT2D eigenvalue weighted by molar-refractivity contribution is 0.295. The lowest BCUT2D eigenvalue weighted by atomic mass is 10.2. The summed E-state index contributed by atoms with van der Waals surface area (Å²) in [6.07, 6.45) is 1.22. The van der Waals surface area contributed by atoms with Gasteiger partial charge >= 0.3 is 0 Å². The third-order valence-electron chi connectivity index (χ3n) is 2.41. The molecular formula is C8H17NO3S. The minimum atomic E-state index is -3.16. The lowest BCUT2D eigenvalue weighted by Crippen LogP contribution is -2.31. The molecule has 0 aromatic heterocycles. The summed E-state index contributed by atoms with van der Waals surface area (Å²) in [5, 5.41) is 8.49. The molecule has 4 nitrogen and oxygen atoms in total. The molecule has 1 saturated carbocycles. The maximum atomic E-state index is 11.3. The van der Waals surface area contributed by atoms with E-state index in [0.717, 1.165) is 6.42 Å². The molecule has 1 aliphatic carbocycles. The van der Waals surface area contributed by atoms with Crippen molar-refractivity contribution in [1.29, 1.82) is 0 Å². The Hall–Kier alpha value is -0.130. The van der Waals surface area contributed by atoms with Gasteiger partial charge in [0, 0.05) is 12.6 Å². The molecule has 0 heterocycles. The van der Waals surface area contributed by atoms with Crippen molar-refractivity contribution in [3.05, 3.63) is 0 Å². The molecule has 1 aliphatic rings. The molecule has 0 bridgehead atoms. The Labute approximate surface area is 79.4 Å². The van der Waals surface area contributed by atoms with Crippen molar-refractivity contribution in [3.8, 4) is 0 Å². The van der Waals surface area contributed by atoms with E-state index in [4.69, 9.17) is 5.11 Å². The Balaban J connectivity index is 2.36. The molecule has 1 fully saturated rings. The van der Waals surface area contributed by atoms with Gasteiger partial charge in [0.15, 0.2) is 0 Å². The second kappa shape index (κ2) is 3.55. The van der Waals surface area contributed by atoms with Gasteiger partial charge in [-0.05, 0) is 18.3 Å². The van der Waals surface area contributed by atoms with Gasteiger partial charge in [0.05, 0.1) is 5.75 Å². The molecule has 2 N–H and O–H groups in total. The van der Waals surface area contributed by atoms with Gasteiger partial charge in [-0.2, -0.15) is 0 Å².